The van der Waals surface area contributed by atoms with E-state index in [1.807, 2.05) is 0 Å². The molecule has 1 heterocycles. The molecular weight excluding hydrogens is 428 g/mol. The zero-order valence-corrected chi connectivity index (χ0v) is 17.8. The lowest BCUT2D eigenvalue weighted by atomic mass is 10.1. The number of benzene rings is 3. The largest absolute Gasteiger partial charge is 0.290 e. The van der Waals surface area contributed by atoms with Gasteiger partial charge in [0.1, 0.15) is 0 Å². The first-order valence-electron chi connectivity index (χ1n) is 10.00. The smallest absolute Gasteiger partial charge is 0.258 e. The Labute approximate surface area is 188 Å². The third-order valence-electron chi connectivity index (χ3n) is 4.98. The van der Waals surface area contributed by atoms with E-state index in [9.17, 15) is 18.4 Å². The summed E-state index contributed by atoms with van der Waals surface area (Å²) in [5, 5.41) is 9.39. The summed E-state index contributed by atoms with van der Waals surface area (Å²) in [7, 11) is 0. The molecule has 33 heavy (non-hydrogen) atoms. The topological polar surface area (TPSA) is 88.9 Å². The van der Waals surface area contributed by atoms with Crippen molar-refractivity contribution in [3.05, 3.63) is 101 Å². The second-order valence-corrected chi connectivity index (χ2v) is 7.31. The average molecular weight is 447 g/mol. The summed E-state index contributed by atoms with van der Waals surface area (Å²) < 4.78 is 28.4. The molecule has 4 rings (SSSR count). The van der Waals surface area contributed by atoms with Crippen LogP contribution in [0, 0.1) is 25.5 Å². The number of anilines is 2. The molecule has 0 unspecified atom stereocenters. The van der Waals surface area contributed by atoms with E-state index in [1.165, 1.54) is 6.07 Å². The van der Waals surface area contributed by atoms with Crippen LogP contribution in [0.15, 0.2) is 66.7 Å². The van der Waals surface area contributed by atoms with Gasteiger partial charge in [0.2, 0.25) is 5.95 Å². The van der Waals surface area contributed by atoms with Gasteiger partial charge in [-0.25, -0.2) is 8.78 Å². The molecule has 0 atom stereocenters. The lowest BCUT2D eigenvalue weighted by Gasteiger charge is -2.09. The number of hydrogen-bond acceptors (Lipinski definition) is 4. The molecule has 0 bridgehead atoms. The van der Waals surface area contributed by atoms with Crippen LogP contribution in [0.4, 0.5) is 20.7 Å². The molecule has 166 valence electrons. The van der Waals surface area contributed by atoms with Gasteiger partial charge in [0, 0.05) is 17.2 Å². The Bertz CT molecular complexity index is 1370. The highest BCUT2D eigenvalue weighted by Gasteiger charge is 2.19. The van der Waals surface area contributed by atoms with E-state index < -0.39 is 23.4 Å². The number of rotatable bonds is 5. The van der Waals surface area contributed by atoms with Gasteiger partial charge in [-0.3, -0.25) is 20.2 Å². The maximum absolute atomic E-state index is 13.9. The van der Waals surface area contributed by atoms with Gasteiger partial charge >= 0.3 is 0 Å². The minimum Gasteiger partial charge on any atom is -0.290 e. The first-order chi connectivity index (χ1) is 15.8. The Balaban J connectivity index is 1.70. The summed E-state index contributed by atoms with van der Waals surface area (Å²) in [6.45, 7) is 3.57. The third kappa shape index (κ3) is 4.62. The van der Waals surface area contributed by atoms with Crippen LogP contribution in [0.3, 0.4) is 0 Å². The van der Waals surface area contributed by atoms with E-state index in [0.717, 1.165) is 27.9 Å². The van der Waals surface area contributed by atoms with Crippen LogP contribution in [0.5, 0.6) is 0 Å². The monoisotopic (exact) mass is 447 g/mol. The lowest BCUT2D eigenvalue weighted by molar-refractivity contribution is 0.101. The molecule has 2 N–H and O–H groups in total. The maximum atomic E-state index is 13.9. The molecule has 0 radical (unpaired) electrons. The normalized spacial score (nSPS) is 10.7. The number of aromatic nitrogens is 3. The Morgan fingerprint density at radius 2 is 1.36 bits per heavy atom. The molecule has 3 aromatic carbocycles. The minimum atomic E-state index is -1.09. The van der Waals surface area contributed by atoms with E-state index >= 15 is 0 Å². The molecule has 2 amide bonds. The number of nitrogens with one attached hydrogen (secondary N) is 2. The highest BCUT2D eigenvalue weighted by molar-refractivity contribution is 6.06. The highest BCUT2D eigenvalue weighted by Crippen LogP contribution is 2.20. The fourth-order valence-corrected chi connectivity index (χ4v) is 3.24. The van der Waals surface area contributed by atoms with Gasteiger partial charge in [0.25, 0.3) is 17.8 Å². The molecule has 0 spiro atoms. The number of nitrogens with zero attached hydrogens (tertiary/aromatic N) is 3. The molecule has 1 aromatic heterocycles. The van der Waals surface area contributed by atoms with Crippen molar-refractivity contribution in [1.29, 1.82) is 0 Å². The first-order valence-corrected chi connectivity index (χ1v) is 10.00. The summed E-state index contributed by atoms with van der Waals surface area (Å²) in [6.07, 6.45) is 0. The zero-order chi connectivity index (χ0) is 23.5. The molecule has 4 aromatic rings. The molecule has 0 fully saturated rings. The van der Waals surface area contributed by atoms with Crippen molar-refractivity contribution in [2.45, 2.75) is 13.8 Å². The van der Waals surface area contributed by atoms with Crippen molar-refractivity contribution in [2.24, 2.45) is 0 Å². The molecule has 0 aliphatic heterocycles. The van der Waals surface area contributed by atoms with Gasteiger partial charge in [0.05, 0.1) is 5.69 Å². The summed E-state index contributed by atoms with van der Waals surface area (Å²) in [6, 6.07) is 17.0. The van der Waals surface area contributed by atoms with Crippen molar-refractivity contribution >= 4 is 23.7 Å². The van der Waals surface area contributed by atoms with Crippen LogP contribution in [-0.4, -0.2) is 26.6 Å². The zero-order valence-electron chi connectivity index (χ0n) is 17.8. The van der Waals surface area contributed by atoms with Crippen molar-refractivity contribution in [1.82, 2.24) is 14.8 Å². The van der Waals surface area contributed by atoms with Crippen LogP contribution in [0.1, 0.15) is 31.8 Å². The fraction of sp³-hybridized carbons (Fsp3) is 0.0833. The Morgan fingerprint density at radius 3 is 1.94 bits per heavy atom. The van der Waals surface area contributed by atoms with Gasteiger partial charge in [-0.1, -0.05) is 36.4 Å². The predicted molar refractivity (Wildman–Crippen MR) is 120 cm³/mol. The van der Waals surface area contributed by atoms with Gasteiger partial charge in [-0.15, -0.1) is 5.10 Å². The lowest BCUT2D eigenvalue weighted by Crippen LogP contribution is -2.17. The van der Waals surface area contributed by atoms with E-state index in [-0.39, 0.29) is 17.6 Å². The van der Waals surface area contributed by atoms with Crippen molar-refractivity contribution in [3.8, 4) is 5.69 Å². The summed E-state index contributed by atoms with van der Waals surface area (Å²) in [5.74, 6) is -3.24. The molecular formula is C24H19F2N5O2. The Morgan fingerprint density at radius 1 is 0.788 bits per heavy atom. The highest BCUT2D eigenvalue weighted by atomic mass is 19.2. The van der Waals surface area contributed by atoms with Crippen LogP contribution in [0.2, 0.25) is 0 Å². The van der Waals surface area contributed by atoms with E-state index in [4.69, 9.17) is 0 Å². The SMILES string of the molecule is Cc1ccccc1C(=O)Nc1nc(NC(=O)c2ccccc2C)n(-c2ccc(F)c(F)c2)n1. The fourth-order valence-electron chi connectivity index (χ4n) is 3.24. The number of hydrogen-bond donors (Lipinski definition) is 2. The molecule has 0 saturated carbocycles. The van der Waals surface area contributed by atoms with Crippen LogP contribution >= 0.6 is 0 Å². The quantitative estimate of drug-likeness (QED) is 0.466. The van der Waals surface area contributed by atoms with Crippen LogP contribution in [0.25, 0.3) is 5.69 Å². The second-order valence-electron chi connectivity index (χ2n) is 7.31. The standard InChI is InChI=1S/C24H19F2N5O2/c1-14-7-3-5-9-17(14)21(32)27-23-29-24(28-22(33)18-10-6-4-8-15(18)2)31(30-23)16-11-12-19(25)20(26)13-16/h3-13H,1-2H3,(H2,27,28,29,30,32,33). The molecule has 0 aliphatic carbocycles. The van der Waals surface area contributed by atoms with Gasteiger partial charge in [-0.05, 0) is 49.2 Å². The van der Waals surface area contributed by atoms with E-state index in [0.29, 0.717) is 11.1 Å². The molecule has 9 heteroatoms. The van der Waals surface area contributed by atoms with Crippen LogP contribution < -0.4 is 10.6 Å². The Hall–Kier alpha value is -4.40. The van der Waals surface area contributed by atoms with E-state index in [2.05, 4.69) is 20.7 Å². The van der Waals surface area contributed by atoms with Gasteiger partial charge in [0.15, 0.2) is 11.6 Å². The minimum absolute atomic E-state index is 0.0747. The Kier molecular flexibility index (Phi) is 5.95. The maximum Gasteiger partial charge on any atom is 0.258 e. The number of aryl methyl sites for hydroxylation is 2. The van der Waals surface area contributed by atoms with Crippen molar-refractivity contribution in [3.63, 3.8) is 0 Å². The van der Waals surface area contributed by atoms with Crippen LogP contribution in [-0.2, 0) is 0 Å². The van der Waals surface area contributed by atoms with Gasteiger partial charge in [-0.2, -0.15) is 9.67 Å². The third-order valence-corrected chi connectivity index (χ3v) is 4.98. The second kappa shape index (κ2) is 8.99. The first kappa shape index (κ1) is 21.8. The van der Waals surface area contributed by atoms with Gasteiger partial charge < -0.3 is 0 Å². The summed E-state index contributed by atoms with van der Waals surface area (Å²) in [5.41, 5.74) is 2.43. The van der Waals surface area contributed by atoms with E-state index in [1.54, 1.807) is 62.4 Å². The predicted octanol–water partition coefficient (Wildman–Crippen LogP) is 4.67. The number of carbonyl (C=O) groups excluding carboxylic acids is 2. The molecule has 0 aliphatic rings. The van der Waals surface area contributed by atoms with Crippen molar-refractivity contribution < 1.29 is 18.4 Å². The molecule has 0 saturated heterocycles. The number of carbonyl (C=O) groups is 2. The number of amides is 2. The summed E-state index contributed by atoms with van der Waals surface area (Å²) >= 11 is 0. The molecule has 7 nitrogen and oxygen atoms in total. The average Bonchev–Trinajstić information content (AvgIpc) is 3.18. The summed E-state index contributed by atoms with van der Waals surface area (Å²) in [4.78, 5) is 29.7. The van der Waals surface area contributed by atoms with Crippen molar-refractivity contribution in [2.75, 3.05) is 10.6 Å². The number of halogens is 2.